The second-order valence-electron chi connectivity index (χ2n) is 3.82. The Kier molecular flexibility index (Phi) is 2.81. The molecule has 0 bridgehead atoms. The summed E-state index contributed by atoms with van der Waals surface area (Å²) in [6.07, 6.45) is 0. The van der Waals surface area contributed by atoms with Crippen molar-refractivity contribution in [2.45, 2.75) is 6.04 Å². The molecule has 0 radical (unpaired) electrons. The number of halogens is 1. The third-order valence-electron chi connectivity index (χ3n) is 2.71. The van der Waals surface area contributed by atoms with Crippen LogP contribution in [0, 0.1) is 5.82 Å². The lowest BCUT2D eigenvalue weighted by Crippen LogP contribution is -2.39. The molecule has 2 amide bonds. The lowest BCUT2D eigenvalue weighted by molar-refractivity contribution is -0.123. The van der Waals surface area contributed by atoms with Crippen molar-refractivity contribution >= 4 is 17.5 Å². The Morgan fingerprint density at radius 1 is 1.59 bits per heavy atom. The molecule has 5 nitrogen and oxygen atoms in total. The van der Waals surface area contributed by atoms with E-state index in [1.165, 1.54) is 23.1 Å². The summed E-state index contributed by atoms with van der Waals surface area (Å²) in [6.45, 7) is -0.199. The molecular weight excluding hydrogens is 225 g/mol. The lowest BCUT2D eigenvalue weighted by Gasteiger charge is -2.15. The number of amides is 2. The standard InChI is InChI=1S/C11H12FN3O2/c1-14-10-7-4-6(12)2-3-8(7)15(11(10)17)5-9(13)16/h2-4,10,14H,5H2,1H3,(H2,13,16). The highest BCUT2D eigenvalue weighted by molar-refractivity contribution is 6.07. The topological polar surface area (TPSA) is 75.4 Å². The highest BCUT2D eigenvalue weighted by atomic mass is 19.1. The SMILES string of the molecule is CNC1C(=O)N(CC(N)=O)c2ccc(F)cc21. The van der Waals surface area contributed by atoms with Gasteiger partial charge in [-0.2, -0.15) is 0 Å². The second kappa shape index (κ2) is 4.14. The summed E-state index contributed by atoms with van der Waals surface area (Å²) in [5, 5.41) is 2.79. The van der Waals surface area contributed by atoms with Gasteiger partial charge in [0.1, 0.15) is 18.4 Å². The summed E-state index contributed by atoms with van der Waals surface area (Å²) in [7, 11) is 1.60. The normalized spacial score (nSPS) is 18.4. The number of nitrogens with two attached hydrogens (primary N) is 1. The summed E-state index contributed by atoms with van der Waals surface area (Å²) >= 11 is 0. The average molecular weight is 237 g/mol. The van der Waals surface area contributed by atoms with Crippen molar-refractivity contribution in [2.75, 3.05) is 18.5 Å². The molecule has 1 aromatic carbocycles. The Morgan fingerprint density at radius 3 is 2.88 bits per heavy atom. The molecule has 0 aliphatic carbocycles. The van der Waals surface area contributed by atoms with Gasteiger partial charge in [-0.15, -0.1) is 0 Å². The van der Waals surface area contributed by atoms with Crippen LogP contribution in [-0.2, 0) is 9.59 Å². The van der Waals surface area contributed by atoms with Crippen molar-refractivity contribution in [1.82, 2.24) is 5.32 Å². The van der Waals surface area contributed by atoms with Crippen LogP contribution in [0.2, 0.25) is 0 Å². The number of nitrogens with one attached hydrogen (secondary N) is 1. The van der Waals surface area contributed by atoms with Gasteiger partial charge in [-0.05, 0) is 25.2 Å². The van der Waals surface area contributed by atoms with Crippen molar-refractivity contribution in [1.29, 1.82) is 0 Å². The zero-order valence-corrected chi connectivity index (χ0v) is 9.24. The fourth-order valence-electron chi connectivity index (χ4n) is 2.01. The number of nitrogens with zero attached hydrogens (tertiary/aromatic N) is 1. The number of benzene rings is 1. The van der Waals surface area contributed by atoms with Crippen LogP contribution in [0.25, 0.3) is 0 Å². The largest absolute Gasteiger partial charge is 0.368 e. The molecule has 0 saturated carbocycles. The molecule has 1 heterocycles. The average Bonchev–Trinajstić information content (AvgIpc) is 2.50. The van der Waals surface area contributed by atoms with E-state index in [1.54, 1.807) is 7.05 Å². The molecular formula is C11H12FN3O2. The summed E-state index contributed by atoms with van der Waals surface area (Å²) < 4.78 is 13.1. The van der Waals surface area contributed by atoms with Crippen molar-refractivity contribution in [3.05, 3.63) is 29.6 Å². The lowest BCUT2D eigenvalue weighted by atomic mass is 10.1. The second-order valence-corrected chi connectivity index (χ2v) is 3.82. The van der Waals surface area contributed by atoms with E-state index >= 15 is 0 Å². The fourth-order valence-corrected chi connectivity index (χ4v) is 2.01. The van der Waals surface area contributed by atoms with Crippen LogP contribution in [0.3, 0.4) is 0 Å². The summed E-state index contributed by atoms with van der Waals surface area (Å²) in [5.41, 5.74) is 6.13. The van der Waals surface area contributed by atoms with Gasteiger partial charge in [0.15, 0.2) is 0 Å². The van der Waals surface area contributed by atoms with Crippen LogP contribution in [0.5, 0.6) is 0 Å². The van der Waals surface area contributed by atoms with Crippen LogP contribution >= 0.6 is 0 Å². The van der Waals surface area contributed by atoms with Gasteiger partial charge in [0, 0.05) is 11.3 Å². The van der Waals surface area contributed by atoms with Crippen LogP contribution in [0.15, 0.2) is 18.2 Å². The third kappa shape index (κ3) is 1.87. The van der Waals surface area contributed by atoms with Gasteiger partial charge < -0.3 is 16.0 Å². The molecule has 1 aliphatic rings. The molecule has 0 saturated heterocycles. The maximum Gasteiger partial charge on any atom is 0.249 e. The number of carbonyl (C=O) groups is 2. The zero-order chi connectivity index (χ0) is 12.6. The van der Waals surface area contributed by atoms with E-state index in [4.69, 9.17) is 5.73 Å². The van der Waals surface area contributed by atoms with Gasteiger partial charge in [0.25, 0.3) is 0 Å². The molecule has 17 heavy (non-hydrogen) atoms. The predicted octanol–water partition coefficient (Wildman–Crippen LogP) is -0.0819. The number of primary amides is 1. The quantitative estimate of drug-likeness (QED) is 0.772. The maximum absolute atomic E-state index is 13.1. The Balaban J connectivity index is 2.46. The summed E-state index contributed by atoms with van der Waals surface area (Å²) in [5.74, 6) is -1.32. The number of fused-ring (bicyclic) bond motifs is 1. The van der Waals surface area contributed by atoms with E-state index in [2.05, 4.69) is 5.32 Å². The fraction of sp³-hybridized carbons (Fsp3) is 0.273. The number of anilines is 1. The van der Waals surface area contributed by atoms with E-state index in [0.29, 0.717) is 11.3 Å². The molecule has 90 valence electrons. The molecule has 6 heteroatoms. The van der Waals surface area contributed by atoms with Gasteiger partial charge in [-0.3, -0.25) is 9.59 Å². The van der Waals surface area contributed by atoms with Crippen molar-refractivity contribution in [3.8, 4) is 0 Å². The van der Waals surface area contributed by atoms with E-state index in [-0.39, 0.29) is 12.5 Å². The Bertz CT molecular complexity index is 490. The molecule has 2 rings (SSSR count). The van der Waals surface area contributed by atoms with Crippen molar-refractivity contribution in [2.24, 2.45) is 5.73 Å². The first kappa shape index (κ1) is 11.5. The molecule has 0 spiro atoms. The predicted molar refractivity (Wildman–Crippen MR) is 59.7 cm³/mol. The molecule has 1 unspecified atom stereocenters. The molecule has 0 fully saturated rings. The zero-order valence-electron chi connectivity index (χ0n) is 9.24. The van der Waals surface area contributed by atoms with E-state index in [0.717, 1.165) is 0 Å². The number of likely N-dealkylation sites (N-methyl/N-ethyl adjacent to an activating group) is 1. The Hall–Kier alpha value is -1.95. The molecule has 3 N–H and O–H groups in total. The monoisotopic (exact) mass is 237 g/mol. The first-order valence-corrected chi connectivity index (χ1v) is 5.11. The minimum Gasteiger partial charge on any atom is -0.368 e. The third-order valence-corrected chi connectivity index (χ3v) is 2.71. The minimum atomic E-state index is -0.625. The van der Waals surface area contributed by atoms with Gasteiger partial charge in [0.2, 0.25) is 11.8 Å². The summed E-state index contributed by atoms with van der Waals surface area (Å²) in [6, 6.07) is 3.39. The van der Waals surface area contributed by atoms with Crippen LogP contribution < -0.4 is 16.0 Å². The first-order valence-electron chi connectivity index (χ1n) is 5.11. The van der Waals surface area contributed by atoms with Crippen molar-refractivity contribution < 1.29 is 14.0 Å². The van der Waals surface area contributed by atoms with Crippen LogP contribution in [0.4, 0.5) is 10.1 Å². The Labute approximate surface area is 97.4 Å². The van der Waals surface area contributed by atoms with E-state index in [1.807, 2.05) is 0 Å². The molecule has 1 aliphatic heterocycles. The highest BCUT2D eigenvalue weighted by Crippen LogP contribution is 2.35. The minimum absolute atomic E-state index is 0.199. The van der Waals surface area contributed by atoms with Gasteiger partial charge in [-0.25, -0.2) is 4.39 Å². The molecule has 1 aromatic rings. The van der Waals surface area contributed by atoms with E-state index < -0.39 is 17.8 Å². The number of rotatable bonds is 3. The van der Waals surface area contributed by atoms with Crippen molar-refractivity contribution in [3.63, 3.8) is 0 Å². The molecule has 1 atom stereocenters. The highest BCUT2D eigenvalue weighted by Gasteiger charge is 2.37. The van der Waals surface area contributed by atoms with Crippen LogP contribution in [0.1, 0.15) is 11.6 Å². The number of hydrogen-bond acceptors (Lipinski definition) is 3. The summed E-state index contributed by atoms with van der Waals surface area (Å²) in [4.78, 5) is 24.1. The number of hydrogen-bond donors (Lipinski definition) is 2. The van der Waals surface area contributed by atoms with E-state index in [9.17, 15) is 14.0 Å². The smallest absolute Gasteiger partial charge is 0.249 e. The van der Waals surface area contributed by atoms with Gasteiger partial charge in [-0.1, -0.05) is 0 Å². The molecule has 0 aromatic heterocycles. The van der Waals surface area contributed by atoms with Gasteiger partial charge >= 0.3 is 0 Å². The Morgan fingerprint density at radius 2 is 2.29 bits per heavy atom. The van der Waals surface area contributed by atoms with Gasteiger partial charge in [0.05, 0.1) is 0 Å². The first-order chi connectivity index (χ1) is 8.04. The van der Waals surface area contributed by atoms with Crippen LogP contribution in [-0.4, -0.2) is 25.4 Å². The number of carbonyl (C=O) groups excluding carboxylic acids is 2. The maximum atomic E-state index is 13.1.